The average Bonchev–Trinajstić information content (AvgIpc) is 3.26. The lowest BCUT2D eigenvalue weighted by Crippen LogP contribution is -2.41. The molecule has 0 radical (unpaired) electrons. The number of hydrogen-bond donors (Lipinski definition) is 1. The van der Waals surface area contributed by atoms with Gasteiger partial charge in [-0.15, -0.1) is 11.3 Å². The van der Waals surface area contributed by atoms with Crippen molar-refractivity contribution in [1.29, 1.82) is 0 Å². The number of ether oxygens (including phenoxy) is 1. The van der Waals surface area contributed by atoms with Crippen LogP contribution in [0.25, 0.3) is 0 Å². The summed E-state index contributed by atoms with van der Waals surface area (Å²) in [6.07, 6.45) is -2.21. The number of carbonyl (C=O) groups excluding carboxylic acids is 2. The third-order valence-electron chi connectivity index (χ3n) is 5.78. The molecule has 2 heterocycles. The molecule has 1 aliphatic heterocycles. The first-order chi connectivity index (χ1) is 14.7. The molecule has 1 aromatic carbocycles. The fraction of sp³-hybridized carbons (Fsp3) is 0.304. The molecule has 0 fully saturated rings. The number of ketones is 1. The van der Waals surface area contributed by atoms with Gasteiger partial charge in [0.2, 0.25) is 0 Å². The van der Waals surface area contributed by atoms with E-state index in [-0.39, 0.29) is 23.7 Å². The number of esters is 1. The number of methoxy groups -OCH3 is 1. The minimum absolute atomic E-state index is 0.0674. The van der Waals surface area contributed by atoms with Gasteiger partial charge in [-0.05, 0) is 36.1 Å². The molecule has 8 heteroatoms. The molecule has 0 saturated carbocycles. The molecule has 0 saturated heterocycles. The zero-order valence-corrected chi connectivity index (χ0v) is 17.6. The Balaban J connectivity index is 1.82. The fourth-order valence-electron chi connectivity index (χ4n) is 4.38. The number of allylic oxidation sites excluding steroid dienone is 3. The molecule has 2 aromatic rings. The molecular weight excluding hydrogens is 427 g/mol. The normalized spacial score (nSPS) is 23.7. The van der Waals surface area contributed by atoms with Gasteiger partial charge in [0, 0.05) is 34.5 Å². The molecule has 1 aliphatic carbocycles. The van der Waals surface area contributed by atoms with Gasteiger partial charge in [-0.1, -0.05) is 24.3 Å². The minimum atomic E-state index is -4.47. The maximum absolute atomic E-state index is 13.3. The number of rotatable bonds is 3. The second-order valence-electron chi connectivity index (χ2n) is 7.64. The van der Waals surface area contributed by atoms with Gasteiger partial charge in [0.1, 0.15) is 5.78 Å². The summed E-state index contributed by atoms with van der Waals surface area (Å²) in [7, 11) is 1.24. The summed E-state index contributed by atoms with van der Waals surface area (Å²) in [5.41, 5.74) is 1.14. The van der Waals surface area contributed by atoms with Crippen LogP contribution in [0, 0.1) is 5.92 Å². The lowest BCUT2D eigenvalue weighted by Gasteiger charge is -2.39. The molecule has 0 spiro atoms. The number of thiophene rings is 1. The quantitative estimate of drug-likeness (QED) is 0.661. The van der Waals surface area contributed by atoms with Gasteiger partial charge in [-0.25, -0.2) is 4.79 Å². The van der Waals surface area contributed by atoms with Crippen molar-refractivity contribution in [2.24, 2.45) is 5.92 Å². The van der Waals surface area contributed by atoms with Gasteiger partial charge in [-0.2, -0.15) is 13.2 Å². The molecule has 0 bridgehead atoms. The van der Waals surface area contributed by atoms with Gasteiger partial charge in [0.25, 0.3) is 0 Å². The summed E-state index contributed by atoms with van der Waals surface area (Å²) < 4.78 is 44.0. The van der Waals surface area contributed by atoms with E-state index in [1.54, 1.807) is 18.3 Å². The van der Waals surface area contributed by atoms with Crippen molar-refractivity contribution >= 4 is 23.1 Å². The monoisotopic (exact) mass is 447 g/mol. The number of nitrogens with one attached hydrogen (secondary N) is 1. The SMILES string of the molecule is COC(=O)C1=C(C)NC2=CC(c3cccs3)CC(=O)C2C1c1ccc(C(F)(F)F)cc1. The van der Waals surface area contributed by atoms with Crippen molar-refractivity contribution in [3.8, 4) is 0 Å². The fourth-order valence-corrected chi connectivity index (χ4v) is 5.18. The molecule has 0 amide bonds. The number of fused-ring (bicyclic) bond motifs is 1. The first-order valence-corrected chi connectivity index (χ1v) is 10.6. The second-order valence-corrected chi connectivity index (χ2v) is 8.62. The number of Topliss-reactive ketones (excluding diaryl/α,β-unsaturated/α-hetero) is 1. The van der Waals surface area contributed by atoms with Gasteiger partial charge in [-0.3, -0.25) is 4.79 Å². The van der Waals surface area contributed by atoms with Crippen LogP contribution in [0.15, 0.2) is 64.8 Å². The summed E-state index contributed by atoms with van der Waals surface area (Å²) in [6.45, 7) is 1.71. The highest BCUT2D eigenvalue weighted by Gasteiger charge is 2.45. The third kappa shape index (κ3) is 3.92. The molecular formula is C23H20F3NO3S. The van der Waals surface area contributed by atoms with Crippen LogP contribution in [-0.2, 0) is 20.5 Å². The Morgan fingerprint density at radius 2 is 1.87 bits per heavy atom. The molecule has 3 atom stereocenters. The Kier molecular flexibility index (Phi) is 5.51. The number of alkyl halides is 3. The predicted molar refractivity (Wildman–Crippen MR) is 110 cm³/mol. The Labute approximate surface area is 181 Å². The highest BCUT2D eigenvalue weighted by molar-refractivity contribution is 7.10. The molecule has 3 unspecified atom stereocenters. The summed E-state index contributed by atoms with van der Waals surface area (Å²) >= 11 is 1.56. The number of benzene rings is 1. The van der Waals surface area contributed by atoms with Gasteiger partial charge in [0.05, 0.1) is 24.2 Å². The predicted octanol–water partition coefficient (Wildman–Crippen LogP) is 5.16. The molecule has 4 rings (SSSR count). The highest BCUT2D eigenvalue weighted by Crippen LogP contribution is 2.47. The first kappa shape index (κ1) is 21.4. The second kappa shape index (κ2) is 8.00. The van der Waals surface area contributed by atoms with Crippen molar-refractivity contribution in [1.82, 2.24) is 5.32 Å². The Morgan fingerprint density at radius 1 is 1.16 bits per heavy atom. The van der Waals surface area contributed by atoms with E-state index in [4.69, 9.17) is 4.74 Å². The molecule has 1 aromatic heterocycles. The Bertz CT molecular complexity index is 1070. The first-order valence-electron chi connectivity index (χ1n) is 9.71. The van der Waals surface area contributed by atoms with Crippen LogP contribution in [0.5, 0.6) is 0 Å². The van der Waals surface area contributed by atoms with Crippen molar-refractivity contribution in [3.63, 3.8) is 0 Å². The topological polar surface area (TPSA) is 55.4 Å². The van der Waals surface area contributed by atoms with E-state index in [0.29, 0.717) is 17.0 Å². The molecule has 1 N–H and O–H groups in total. The maximum atomic E-state index is 13.3. The van der Waals surface area contributed by atoms with Crippen LogP contribution in [0.3, 0.4) is 0 Å². The summed E-state index contributed by atoms with van der Waals surface area (Å²) in [5, 5.41) is 5.13. The van der Waals surface area contributed by atoms with E-state index >= 15 is 0 Å². The van der Waals surface area contributed by atoms with E-state index in [0.717, 1.165) is 17.0 Å². The van der Waals surface area contributed by atoms with E-state index in [9.17, 15) is 22.8 Å². The van der Waals surface area contributed by atoms with E-state index in [2.05, 4.69) is 5.32 Å². The lowest BCUT2D eigenvalue weighted by molar-refractivity contribution is -0.138. The highest BCUT2D eigenvalue weighted by atomic mass is 32.1. The van der Waals surface area contributed by atoms with Gasteiger partial charge >= 0.3 is 12.1 Å². The standard InChI is InChI=1S/C23H20F3NO3S/c1-12-19(22(29)30-2)20(13-5-7-15(8-6-13)23(24,25)26)21-16(27-12)10-14(11-17(21)28)18-4-3-9-31-18/h3-10,14,20-21,27H,11H2,1-2H3. The summed E-state index contributed by atoms with van der Waals surface area (Å²) in [5.74, 6) is -2.17. The van der Waals surface area contributed by atoms with Crippen LogP contribution in [-0.4, -0.2) is 18.9 Å². The van der Waals surface area contributed by atoms with E-state index < -0.39 is 29.5 Å². The van der Waals surface area contributed by atoms with Crippen molar-refractivity contribution in [3.05, 3.63) is 80.8 Å². The van der Waals surface area contributed by atoms with Crippen LogP contribution >= 0.6 is 11.3 Å². The number of hydrogen-bond acceptors (Lipinski definition) is 5. The molecule has 2 aliphatic rings. The van der Waals surface area contributed by atoms with Crippen LogP contribution < -0.4 is 5.32 Å². The Hall–Kier alpha value is -2.87. The lowest BCUT2D eigenvalue weighted by atomic mass is 9.69. The van der Waals surface area contributed by atoms with Crippen molar-refractivity contribution in [2.45, 2.75) is 31.4 Å². The number of halogens is 3. The smallest absolute Gasteiger partial charge is 0.416 e. The zero-order chi connectivity index (χ0) is 22.3. The summed E-state index contributed by atoms with van der Waals surface area (Å²) in [6, 6.07) is 8.53. The van der Waals surface area contributed by atoms with Crippen LogP contribution in [0.4, 0.5) is 13.2 Å². The van der Waals surface area contributed by atoms with E-state index in [1.807, 2.05) is 23.6 Å². The zero-order valence-electron chi connectivity index (χ0n) is 16.8. The largest absolute Gasteiger partial charge is 0.466 e. The van der Waals surface area contributed by atoms with Gasteiger partial charge in [0.15, 0.2) is 0 Å². The summed E-state index contributed by atoms with van der Waals surface area (Å²) in [4.78, 5) is 26.9. The maximum Gasteiger partial charge on any atom is 0.416 e. The van der Waals surface area contributed by atoms with E-state index in [1.165, 1.54) is 19.2 Å². The molecule has 162 valence electrons. The van der Waals surface area contributed by atoms with Crippen LogP contribution in [0.1, 0.15) is 41.2 Å². The number of carbonyl (C=O) groups is 2. The average molecular weight is 447 g/mol. The molecule has 31 heavy (non-hydrogen) atoms. The van der Waals surface area contributed by atoms with Crippen LogP contribution in [0.2, 0.25) is 0 Å². The third-order valence-corrected chi connectivity index (χ3v) is 6.78. The van der Waals surface area contributed by atoms with Crippen molar-refractivity contribution in [2.75, 3.05) is 7.11 Å². The Morgan fingerprint density at radius 3 is 2.45 bits per heavy atom. The minimum Gasteiger partial charge on any atom is -0.466 e. The molecule has 4 nitrogen and oxygen atoms in total. The van der Waals surface area contributed by atoms with Crippen molar-refractivity contribution < 1.29 is 27.5 Å². The van der Waals surface area contributed by atoms with Gasteiger partial charge < -0.3 is 10.1 Å².